The van der Waals surface area contributed by atoms with Gasteiger partial charge >= 0.3 is 0 Å². The average molecular weight is 383 g/mol. The van der Waals surface area contributed by atoms with E-state index in [0.29, 0.717) is 13.2 Å². The number of aryl methyl sites for hydroxylation is 1. The zero-order chi connectivity index (χ0) is 17.9. The molecule has 1 fully saturated rings. The lowest BCUT2D eigenvalue weighted by molar-refractivity contribution is 0.0443. The number of ether oxygens (including phenoxy) is 1. The van der Waals surface area contributed by atoms with Crippen LogP contribution < -0.4 is 10.0 Å². The molecule has 1 aliphatic rings. The normalized spacial score (nSPS) is 23.8. The second-order valence-electron chi connectivity index (χ2n) is 6.09. The first-order valence-corrected chi connectivity index (χ1v) is 10.4. The van der Waals surface area contributed by atoms with E-state index in [9.17, 15) is 13.5 Å². The van der Waals surface area contributed by atoms with E-state index in [-0.39, 0.29) is 17.5 Å². The number of thiophene rings is 1. The molecule has 3 rings (SSSR count). The number of rotatable bonds is 7. The number of nitrogens with one attached hydrogen (secondary N) is 2. The van der Waals surface area contributed by atoms with Crippen molar-refractivity contribution in [2.45, 2.75) is 36.6 Å². The summed E-state index contributed by atoms with van der Waals surface area (Å²) in [7, 11) is -3.61. The Kier molecular flexibility index (Phi) is 5.88. The molecule has 3 atom stereocenters. The van der Waals surface area contributed by atoms with Crippen LogP contribution in [-0.2, 0) is 21.3 Å². The minimum atomic E-state index is -3.61. The van der Waals surface area contributed by atoms with Crippen LogP contribution in [0, 0.1) is 6.92 Å². The summed E-state index contributed by atoms with van der Waals surface area (Å²) >= 11 is 1.64. The van der Waals surface area contributed by atoms with Crippen molar-refractivity contribution in [3.63, 3.8) is 0 Å². The van der Waals surface area contributed by atoms with Crippen LogP contribution in [-0.4, -0.2) is 44.9 Å². The van der Waals surface area contributed by atoms with E-state index in [2.05, 4.69) is 10.0 Å². The number of sulfonamides is 1. The predicted molar refractivity (Wildman–Crippen MR) is 97.1 cm³/mol. The van der Waals surface area contributed by atoms with E-state index in [0.717, 1.165) is 5.56 Å². The Hall–Kier alpha value is -1.29. The van der Waals surface area contributed by atoms with Gasteiger partial charge in [0.25, 0.3) is 0 Å². The van der Waals surface area contributed by atoms with Gasteiger partial charge in [-0.1, -0.05) is 23.8 Å². The number of hydrogen-bond donors (Lipinski definition) is 3. The number of aliphatic hydroxyl groups is 1. The highest BCUT2D eigenvalue weighted by molar-refractivity contribution is 7.89. The molecule has 8 heteroatoms. The molecule has 136 valence electrons. The lowest BCUT2D eigenvalue weighted by atomic mass is 10.1. The van der Waals surface area contributed by atoms with Crippen LogP contribution in [0.5, 0.6) is 0 Å². The van der Waals surface area contributed by atoms with Crippen molar-refractivity contribution in [2.75, 3.05) is 13.2 Å². The molecule has 0 spiro atoms. The predicted octanol–water partition coefficient (Wildman–Crippen LogP) is 1.25. The van der Waals surface area contributed by atoms with Crippen LogP contribution in [0.4, 0.5) is 0 Å². The second kappa shape index (κ2) is 7.94. The van der Waals surface area contributed by atoms with Crippen LogP contribution in [0.15, 0.2) is 46.7 Å². The van der Waals surface area contributed by atoms with Crippen molar-refractivity contribution < 1.29 is 18.3 Å². The van der Waals surface area contributed by atoms with Crippen molar-refractivity contribution in [3.8, 4) is 0 Å². The van der Waals surface area contributed by atoms with E-state index in [1.165, 1.54) is 4.88 Å². The van der Waals surface area contributed by atoms with Gasteiger partial charge in [0, 0.05) is 18.0 Å². The molecule has 2 heterocycles. The smallest absolute Gasteiger partial charge is 0.240 e. The number of aliphatic hydroxyl groups excluding tert-OH is 1. The molecule has 0 aliphatic carbocycles. The summed E-state index contributed by atoms with van der Waals surface area (Å²) in [5.74, 6) is 0. The highest BCUT2D eigenvalue weighted by Crippen LogP contribution is 2.17. The minimum Gasteiger partial charge on any atom is -0.389 e. The molecule has 0 unspecified atom stereocenters. The average Bonchev–Trinajstić information content (AvgIpc) is 3.22. The summed E-state index contributed by atoms with van der Waals surface area (Å²) in [6.07, 6.45) is -1.33. The molecular formula is C17H22N2O4S2. The molecule has 3 N–H and O–H groups in total. The molecule has 6 nitrogen and oxygen atoms in total. The molecule has 25 heavy (non-hydrogen) atoms. The fourth-order valence-electron chi connectivity index (χ4n) is 2.68. The van der Waals surface area contributed by atoms with Crippen molar-refractivity contribution in [3.05, 3.63) is 52.2 Å². The summed E-state index contributed by atoms with van der Waals surface area (Å²) in [6, 6.07) is 10.4. The Labute approximate surface area is 151 Å². The summed E-state index contributed by atoms with van der Waals surface area (Å²) < 4.78 is 32.7. The van der Waals surface area contributed by atoms with E-state index in [1.807, 2.05) is 24.4 Å². The van der Waals surface area contributed by atoms with Crippen LogP contribution in [0.2, 0.25) is 0 Å². The summed E-state index contributed by atoms with van der Waals surface area (Å²) in [5.41, 5.74) is 0.994. The summed E-state index contributed by atoms with van der Waals surface area (Å²) in [4.78, 5) is 1.38. The van der Waals surface area contributed by atoms with Crippen molar-refractivity contribution in [2.24, 2.45) is 0 Å². The van der Waals surface area contributed by atoms with Gasteiger partial charge in [0.1, 0.15) is 0 Å². The minimum absolute atomic E-state index is 0.0363. The zero-order valence-electron chi connectivity index (χ0n) is 13.9. The fourth-order valence-corrected chi connectivity index (χ4v) is 4.38. The van der Waals surface area contributed by atoms with E-state index < -0.39 is 22.2 Å². The molecule has 2 aromatic rings. The maximum atomic E-state index is 12.3. The largest absolute Gasteiger partial charge is 0.389 e. The Morgan fingerprint density at radius 2 is 2.04 bits per heavy atom. The lowest BCUT2D eigenvalue weighted by Crippen LogP contribution is -2.44. The SMILES string of the molecule is Cc1ccc(S(=O)(=O)NC[C@H]2OC[C@@H](NCc3cccs3)[C@@H]2O)cc1. The monoisotopic (exact) mass is 382 g/mol. The quantitative estimate of drug-likeness (QED) is 0.671. The van der Waals surface area contributed by atoms with E-state index in [1.54, 1.807) is 35.6 Å². The van der Waals surface area contributed by atoms with Gasteiger partial charge in [0.15, 0.2) is 0 Å². The highest BCUT2D eigenvalue weighted by Gasteiger charge is 2.36. The van der Waals surface area contributed by atoms with E-state index in [4.69, 9.17) is 4.74 Å². The molecule has 0 radical (unpaired) electrons. The molecule has 1 aliphatic heterocycles. The first-order valence-electron chi connectivity index (χ1n) is 8.07. The van der Waals surface area contributed by atoms with Crippen LogP contribution >= 0.6 is 11.3 Å². The third kappa shape index (κ3) is 4.66. The van der Waals surface area contributed by atoms with Gasteiger partial charge in [-0.3, -0.25) is 0 Å². The number of benzene rings is 1. The van der Waals surface area contributed by atoms with Gasteiger partial charge in [-0.25, -0.2) is 13.1 Å². The zero-order valence-corrected chi connectivity index (χ0v) is 15.5. The Balaban J connectivity index is 1.52. The highest BCUT2D eigenvalue weighted by atomic mass is 32.2. The van der Waals surface area contributed by atoms with Gasteiger partial charge < -0.3 is 15.2 Å². The van der Waals surface area contributed by atoms with Gasteiger partial charge in [-0.15, -0.1) is 11.3 Å². The van der Waals surface area contributed by atoms with Crippen molar-refractivity contribution in [1.29, 1.82) is 0 Å². The topological polar surface area (TPSA) is 87.7 Å². The molecule has 1 saturated heterocycles. The first kappa shape index (κ1) is 18.5. The summed E-state index contributed by atoms with van der Waals surface area (Å²) in [6.45, 7) is 2.94. The van der Waals surface area contributed by atoms with Gasteiger partial charge in [0.2, 0.25) is 10.0 Å². The van der Waals surface area contributed by atoms with Gasteiger partial charge in [-0.05, 0) is 30.5 Å². The standard InChI is InChI=1S/C17H22N2O4S2/c1-12-4-6-14(7-5-12)25(21,22)19-10-16-17(20)15(11-23-16)18-9-13-3-2-8-24-13/h2-8,15-20H,9-11H2,1H3/t15-,16-,17+/m1/s1. The molecule has 1 aromatic heterocycles. The van der Waals surface area contributed by atoms with Gasteiger partial charge in [-0.2, -0.15) is 0 Å². The Morgan fingerprint density at radius 1 is 1.28 bits per heavy atom. The second-order valence-corrected chi connectivity index (χ2v) is 8.89. The van der Waals surface area contributed by atoms with Crippen LogP contribution in [0.1, 0.15) is 10.4 Å². The fraction of sp³-hybridized carbons (Fsp3) is 0.412. The molecular weight excluding hydrogens is 360 g/mol. The number of hydrogen-bond acceptors (Lipinski definition) is 6. The third-order valence-corrected chi connectivity index (χ3v) is 6.52. The van der Waals surface area contributed by atoms with E-state index >= 15 is 0 Å². The summed E-state index contributed by atoms with van der Waals surface area (Å²) in [5, 5.41) is 15.6. The molecule has 0 saturated carbocycles. The molecule has 0 amide bonds. The Morgan fingerprint density at radius 3 is 2.72 bits per heavy atom. The Bertz CT molecular complexity index is 775. The van der Waals surface area contributed by atoms with Gasteiger partial charge in [0.05, 0.1) is 29.8 Å². The van der Waals surface area contributed by atoms with Crippen molar-refractivity contribution in [1.82, 2.24) is 10.0 Å². The third-order valence-electron chi connectivity index (χ3n) is 4.21. The van der Waals surface area contributed by atoms with Crippen LogP contribution in [0.25, 0.3) is 0 Å². The maximum absolute atomic E-state index is 12.3. The molecule has 0 bridgehead atoms. The molecule has 1 aromatic carbocycles. The maximum Gasteiger partial charge on any atom is 0.240 e. The van der Waals surface area contributed by atoms with Crippen molar-refractivity contribution >= 4 is 21.4 Å². The van der Waals surface area contributed by atoms with Crippen LogP contribution in [0.3, 0.4) is 0 Å². The lowest BCUT2D eigenvalue weighted by Gasteiger charge is -2.18. The first-order chi connectivity index (χ1) is 12.0.